The topological polar surface area (TPSA) is 37.3 Å². The normalized spacial score (nSPS) is 22.7. The Morgan fingerprint density at radius 1 is 1.27 bits per heavy atom. The van der Waals surface area contributed by atoms with Crippen LogP contribution in [0.3, 0.4) is 0 Å². The molecule has 0 radical (unpaired) electrons. The lowest BCUT2D eigenvalue weighted by Crippen LogP contribution is -2.25. The van der Waals surface area contributed by atoms with Gasteiger partial charge in [-0.25, -0.2) is 0 Å². The number of ketones is 1. The molecule has 0 amide bonds. The van der Waals surface area contributed by atoms with Crippen molar-refractivity contribution in [3.8, 4) is 0 Å². The molecule has 0 saturated carbocycles. The molecule has 1 aliphatic carbocycles. The fourth-order valence-corrected chi connectivity index (χ4v) is 1.36. The lowest BCUT2D eigenvalue weighted by Gasteiger charge is -2.20. The molecule has 0 aromatic carbocycles. The standard InChI is InChI=1S/C9H12O2/c1-6-4-9(3,11)5-7(2)8(6)10/h4-5,11H,1-3H3. The zero-order chi connectivity index (χ0) is 8.65. The largest absolute Gasteiger partial charge is 0.382 e. The van der Waals surface area contributed by atoms with Crippen LogP contribution < -0.4 is 0 Å². The number of aliphatic hydroxyl groups is 1. The molecule has 0 aliphatic heterocycles. The predicted molar refractivity (Wildman–Crippen MR) is 43.1 cm³/mol. The van der Waals surface area contributed by atoms with E-state index >= 15 is 0 Å². The molecular formula is C9H12O2. The maximum Gasteiger partial charge on any atom is 0.184 e. The van der Waals surface area contributed by atoms with Crippen LogP contribution in [0.15, 0.2) is 23.3 Å². The maximum absolute atomic E-state index is 11.2. The van der Waals surface area contributed by atoms with E-state index in [1.807, 2.05) is 0 Å². The Kier molecular flexibility index (Phi) is 1.72. The molecule has 0 atom stereocenters. The fourth-order valence-electron chi connectivity index (χ4n) is 1.36. The Labute approximate surface area is 66.2 Å². The van der Waals surface area contributed by atoms with Gasteiger partial charge in [-0.2, -0.15) is 0 Å². The highest BCUT2D eigenvalue weighted by atomic mass is 16.3. The van der Waals surface area contributed by atoms with E-state index in [0.29, 0.717) is 11.1 Å². The van der Waals surface area contributed by atoms with Crippen molar-refractivity contribution < 1.29 is 9.90 Å². The summed E-state index contributed by atoms with van der Waals surface area (Å²) in [7, 11) is 0. The zero-order valence-electron chi connectivity index (χ0n) is 7.01. The summed E-state index contributed by atoms with van der Waals surface area (Å²) >= 11 is 0. The van der Waals surface area contributed by atoms with Gasteiger partial charge in [0.1, 0.15) is 0 Å². The first-order chi connectivity index (χ1) is 4.92. The number of hydrogen-bond donors (Lipinski definition) is 1. The van der Waals surface area contributed by atoms with Gasteiger partial charge in [0, 0.05) is 0 Å². The Morgan fingerprint density at radius 3 is 2.00 bits per heavy atom. The molecule has 2 heteroatoms. The second-order valence-electron chi connectivity index (χ2n) is 3.21. The molecule has 1 aliphatic rings. The molecule has 0 saturated heterocycles. The molecule has 0 fully saturated rings. The van der Waals surface area contributed by atoms with Crippen LogP contribution >= 0.6 is 0 Å². The Hall–Kier alpha value is -0.890. The highest BCUT2D eigenvalue weighted by molar-refractivity contribution is 6.08. The fraction of sp³-hybridized carbons (Fsp3) is 0.444. The Balaban J connectivity index is 3.08. The van der Waals surface area contributed by atoms with Crippen LogP contribution in [-0.4, -0.2) is 16.5 Å². The lowest BCUT2D eigenvalue weighted by atomic mass is 9.90. The molecule has 1 rings (SSSR count). The van der Waals surface area contributed by atoms with Gasteiger partial charge in [0.15, 0.2) is 5.78 Å². The van der Waals surface area contributed by atoms with Gasteiger partial charge in [0.2, 0.25) is 0 Å². The van der Waals surface area contributed by atoms with Gasteiger partial charge in [-0.15, -0.1) is 0 Å². The SMILES string of the molecule is CC1=CC(C)(O)C=C(C)C1=O. The van der Waals surface area contributed by atoms with Gasteiger partial charge in [-0.1, -0.05) is 0 Å². The summed E-state index contributed by atoms with van der Waals surface area (Å²) in [5.41, 5.74) is 0.298. The van der Waals surface area contributed by atoms with E-state index in [1.165, 1.54) is 0 Å². The van der Waals surface area contributed by atoms with Crippen molar-refractivity contribution in [1.29, 1.82) is 0 Å². The highest BCUT2D eigenvalue weighted by Gasteiger charge is 2.23. The maximum atomic E-state index is 11.2. The number of carbonyl (C=O) groups is 1. The summed E-state index contributed by atoms with van der Waals surface area (Å²) in [5.74, 6) is 0.0246. The van der Waals surface area contributed by atoms with Gasteiger partial charge in [0.25, 0.3) is 0 Å². The molecule has 60 valence electrons. The summed E-state index contributed by atoms with van der Waals surface area (Å²) in [4.78, 5) is 11.2. The third-order valence-corrected chi connectivity index (χ3v) is 1.73. The smallest absolute Gasteiger partial charge is 0.184 e. The van der Waals surface area contributed by atoms with Crippen LogP contribution in [0.2, 0.25) is 0 Å². The Morgan fingerprint density at radius 2 is 1.64 bits per heavy atom. The number of hydrogen-bond acceptors (Lipinski definition) is 2. The van der Waals surface area contributed by atoms with Crippen molar-refractivity contribution in [2.75, 3.05) is 0 Å². The number of allylic oxidation sites excluding steroid dienone is 2. The lowest BCUT2D eigenvalue weighted by molar-refractivity contribution is -0.112. The first-order valence-corrected chi connectivity index (χ1v) is 3.58. The Bertz CT molecular complexity index is 233. The van der Waals surface area contributed by atoms with Crippen LogP contribution in [0, 0.1) is 0 Å². The molecule has 0 aromatic rings. The van der Waals surface area contributed by atoms with E-state index in [9.17, 15) is 9.90 Å². The number of Topliss-reactive ketones (excluding diaryl/α,β-unsaturated/α-hetero) is 1. The van der Waals surface area contributed by atoms with Crippen LogP contribution in [0.25, 0.3) is 0 Å². The van der Waals surface area contributed by atoms with Crippen molar-refractivity contribution in [2.24, 2.45) is 0 Å². The van der Waals surface area contributed by atoms with Crippen molar-refractivity contribution in [1.82, 2.24) is 0 Å². The molecule has 0 aromatic heterocycles. The third kappa shape index (κ3) is 1.57. The third-order valence-electron chi connectivity index (χ3n) is 1.73. The molecule has 0 unspecified atom stereocenters. The summed E-state index contributed by atoms with van der Waals surface area (Å²) in [6, 6.07) is 0. The van der Waals surface area contributed by atoms with Crippen molar-refractivity contribution in [3.63, 3.8) is 0 Å². The first kappa shape index (κ1) is 8.21. The number of carbonyl (C=O) groups excluding carboxylic acids is 1. The molecule has 0 spiro atoms. The van der Waals surface area contributed by atoms with E-state index in [1.54, 1.807) is 32.9 Å². The van der Waals surface area contributed by atoms with Gasteiger partial charge in [0.05, 0.1) is 5.60 Å². The van der Waals surface area contributed by atoms with E-state index in [0.717, 1.165) is 0 Å². The predicted octanol–water partition coefficient (Wildman–Crippen LogP) is 1.21. The quantitative estimate of drug-likeness (QED) is 0.566. The van der Waals surface area contributed by atoms with Gasteiger partial charge in [-0.3, -0.25) is 4.79 Å². The van der Waals surface area contributed by atoms with Gasteiger partial charge >= 0.3 is 0 Å². The average molecular weight is 152 g/mol. The second kappa shape index (κ2) is 2.31. The minimum absolute atomic E-state index is 0.0246. The minimum Gasteiger partial charge on any atom is -0.382 e. The summed E-state index contributed by atoms with van der Waals surface area (Å²) in [6.07, 6.45) is 3.14. The highest BCUT2D eigenvalue weighted by Crippen LogP contribution is 2.21. The van der Waals surface area contributed by atoms with Crippen molar-refractivity contribution in [2.45, 2.75) is 26.4 Å². The molecule has 0 heterocycles. The molecular weight excluding hydrogens is 140 g/mol. The average Bonchev–Trinajstić information content (AvgIpc) is 1.81. The second-order valence-corrected chi connectivity index (χ2v) is 3.21. The molecule has 0 bridgehead atoms. The van der Waals surface area contributed by atoms with E-state index < -0.39 is 5.60 Å². The monoisotopic (exact) mass is 152 g/mol. The van der Waals surface area contributed by atoms with E-state index in [-0.39, 0.29) is 5.78 Å². The van der Waals surface area contributed by atoms with Crippen LogP contribution in [0.5, 0.6) is 0 Å². The van der Waals surface area contributed by atoms with Crippen LogP contribution in [0.1, 0.15) is 20.8 Å². The number of rotatable bonds is 0. The molecule has 2 nitrogen and oxygen atoms in total. The van der Waals surface area contributed by atoms with Crippen molar-refractivity contribution >= 4 is 5.78 Å². The zero-order valence-corrected chi connectivity index (χ0v) is 7.01. The van der Waals surface area contributed by atoms with E-state index in [2.05, 4.69) is 0 Å². The first-order valence-electron chi connectivity index (χ1n) is 3.58. The summed E-state index contributed by atoms with van der Waals surface area (Å²) in [5, 5.41) is 9.53. The molecule has 11 heavy (non-hydrogen) atoms. The van der Waals surface area contributed by atoms with E-state index in [4.69, 9.17) is 0 Å². The summed E-state index contributed by atoms with van der Waals surface area (Å²) in [6.45, 7) is 5.09. The molecule has 1 N–H and O–H groups in total. The summed E-state index contributed by atoms with van der Waals surface area (Å²) < 4.78 is 0. The van der Waals surface area contributed by atoms with Crippen LogP contribution in [0.4, 0.5) is 0 Å². The van der Waals surface area contributed by atoms with Crippen LogP contribution in [-0.2, 0) is 4.79 Å². The van der Waals surface area contributed by atoms with Gasteiger partial charge < -0.3 is 5.11 Å². The van der Waals surface area contributed by atoms with Gasteiger partial charge in [-0.05, 0) is 44.1 Å². The van der Waals surface area contributed by atoms with Crippen molar-refractivity contribution in [3.05, 3.63) is 23.3 Å². The minimum atomic E-state index is -0.942.